The molecule has 1 aromatic heterocycles. The SMILES string of the molecule is Cc1ccc(-n2[nH]c(C(=O)NC3CCCNC3C)cc2=O)cc1. The lowest BCUT2D eigenvalue weighted by Crippen LogP contribution is -2.52. The van der Waals surface area contributed by atoms with Gasteiger partial charge in [-0.3, -0.25) is 14.7 Å². The molecule has 1 aliphatic rings. The summed E-state index contributed by atoms with van der Waals surface area (Å²) in [6.07, 6.45) is 1.99. The molecule has 2 heterocycles. The molecule has 1 fully saturated rings. The number of carbonyl (C=O) groups is 1. The van der Waals surface area contributed by atoms with Crippen LogP contribution in [0.25, 0.3) is 5.69 Å². The Labute approximate surface area is 134 Å². The maximum Gasteiger partial charge on any atom is 0.271 e. The Morgan fingerprint density at radius 2 is 2.04 bits per heavy atom. The number of H-pyrrole nitrogens is 1. The summed E-state index contributed by atoms with van der Waals surface area (Å²) in [6, 6.07) is 9.22. The number of carbonyl (C=O) groups excluding carboxylic acids is 1. The fraction of sp³-hybridized carbons (Fsp3) is 0.412. The van der Waals surface area contributed by atoms with Crippen molar-refractivity contribution in [3.05, 3.63) is 51.9 Å². The van der Waals surface area contributed by atoms with Gasteiger partial charge in [0, 0.05) is 18.2 Å². The number of piperidine rings is 1. The van der Waals surface area contributed by atoms with Gasteiger partial charge < -0.3 is 10.6 Å². The summed E-state index contributed by atoms with van der Waals surface area (Å²) < 4.78 is 1.39. The van der Waals surface area contributed by atoms with Crippen LogP contribution in [0.1, 0.15) is 35.8 Å². The number of hydrogen-bond acceptors (Lipinski definition) is 3. The molecular weight excluding hydrogens is 292 g/mol. The second-order valence-corrected chi connectivity index (χ2v) is 6.14. The van der Waals surface area contributed by atoms with Crippen LogP contribution in [0.2, 0.25) is 0 Å². The number of aromatic nitrogens is 2. The number of hydrogen-bond donors (Lipinski definition) is 3. The minimum atomic E-state index is -0.242. The van der Waals surface area contributed by atoms with Gasteiger partial charge in [-0.05, 0) is 45.4 Å². The third-order valence-electron chi connectivity index (χ3n) is 4.34. The van der Waals surface area contributed by atoms with Crippen LogP contribution in [0, 0.1) is 6.92 Å². The van der Waals surface area contributed by atoms with Crippen molar-refractivity contribution in [1.29, 1.82) is 0 Å². The molecule has 1 saturated heterocycles. The van der Waals surface area contributed by atoms with E-state index in [1.807, 2.05) is 31.2 Å². The summed E-state index contributed by atoms with van der Waals surface area (Å²) in [5, 5.41) is 9.24. The highest BCUT2D eigenvalue weighted by Gasteiger charge is 2.23. The zero-order chi connectivity index (χ0) is 16.4. The smallest absolute Gasteiger partial charge is 0.271 e. The van der Waals surface area contributed by atoms with E-state index in [0.29, 0.717) is 5.69 Å². The predicted octanol–water partition coefficient (Wildman–Crippen LogP) is 1.34. The largest absolute Gasteiger partial charge is 0.346 e. The molecule has 3 N–H and O–H groups in total. The first-order chi connectivity index (χ1) is 11.0. The van der Waals surface area contributed by atoms with E-state index < -0.39 is 0 Å². The van der Waals surface area contributed by atoms with Crippen LogP contribution < -0.4 is 16.2 Å². The van der Waals surface area contributed by atoms with Crippen LogP contribution in [0.4, 0.5) is 0 Å². The van der Waals surface area contributed by atoms with Crippen LogP contribution in [-0.4, -0.2) is 34.3 Å². The van der Waals surface area contributed by atoms with Crippen LogP contribution >= 0.6 is 0 Å². The zero-order valence-corrected chi connectivity index (χ0v) is 13.4. The Kier molecular flexibility index (Phi) is 4.34. The van der Waals surface area contributed by atoms with E-state index in [-0.39, 0.29) is 29.2 Å². The highest BCUT2D eigenvalue weighted by atomic mass is 16.2. The highest BCUT2D eigenvalue weighted by molar-refractivity contribution is 5.92. The maximum absolute atomic E-state index is 12.4. The van der Waals surface area contributed by atoms with Crippen molar-refractivity contribution in [3.63, 3.8) is 0 Å². The Morgan fingerprint density at radius 3 is 2.74 bits per heavy atom. The van der Waals surface area contributed by atoms with E-state index in [9.17, 15) is 9.59 Å². The lowest BCUT2D eigenvalue weighted by molar-refractivity contribution is 0.0914. The Balaban J connectivity index is 1.78. The van der Waals surface area contributed by atoms with Gasteiger partial charge in [0.05, 0.1) is 5.69 Å². The molecule has 3 rings (SSSR count). The third-order valence-corrected chi connectivity index (χ3v) is 4.34. The third kappa shape index (κ3) is 3.37. The summed E-state index contributed by atoms with van der Waals surface area (Å²) in [4.78, 5) is 24.5. The zero-order valence-electron chi connectivity index (χ0n) is 13.4. The normalized spacial score (nSPS) is 21.1. The van der Waals surface area contributed by atoms with Gasteiger partial charge in [-0.15, -0.1) is 0 Å². The minimum absolute atomic E-state index is 0.0856. The average molecular weight is 314 g/mol. The first-order valence-electron chi connectivity index (χ1n) is 7.98. The Morgan fingerprint density at radius 1 is 1.30 bits per heavy atom. The minimum Gasteiger partial charge on any atom is -0.346 e. The van der Waals surface area contributed by atoms with Crippen LogP contribution in [0.5, 0.6) is 0 Å². The van der Waals surface area contributed by atoms with Crippen LogP contribution in [0.15, 0.2) is 35.1 Å². The van der Waals surface area contributed by atoms with Crippen molar-refractivity contribution in [2.75, 3.05) is 6.54 Å². The van der Waals surface area contributed by atoms with Gasteiger partial charge in [-0.2, -0.15) is 0 Å². The summed E-state index contributed by atoms with van der Waals surface area (Å²) in [6.45, 7) is 5.03. The van der Waals surface area contributed by atoms with Crippen molar-refractivity contribution < 1.29 is 4.79 Å². The fourth-order valence-corrected chi connectivity index (χ4v) is 2.89. The van der Waals surface area contributed by atoms with Crippen molar-refractivity contribution in [3.8, 4) is 5.69 Å². The number of nitrogens with zero attached hydrogens (tertiary/aromatic N) is 1. The Hall–Kier alpha value is -2.34. The fourth-order valence-electron chi connectivity index (χ4n) is 2.89. The molecule has 122 valence electrons. The number of rotatable bonds is 3. The van der Waals surface area contributed by atoms with Crippen molar-refractivity contribution >= 4 is 5.91 Å². The first kappa shape index (κ1) is 15.6. The molecule has 2 aromatic rings. The molecule has 1 aromatic carbocycles. The molecule has 0 aliphatic carbocycles. The Bertz CT molecular complexity index is 745. The van der Waals surface area contributed by atoms with Crippen LogP contribution in [0.3, 0.4) is 0 Å². The highest BCUT2D eigenvalue weighted by Crippen LogP contribution is 2.10. The van der Waals surface area contributed by atoms with Gasteiger partial charge in [0.1, 0.15) is 5.69 Å². The van der Waals surface area contributed by atoms with E-state index >= 15 is 0 Å². The number of benzene rings is 1. The van der Waals surface area contributed by atoms with Gasteiger partial charge in [-0.25, -0.2) is 4.68 Å². The molecule has 0 saturated carbocycles. The lowest BCUT2D eigenvalue weighted by Gasteiger charge is -2.30. The van der Waals surface area contributed by atoms with Gasteiger partial charge in [-0.1, -0.05) is 17.7 Å². The topological polar surface area (TPSA) is 78.9 Å². The van der Waals surface area contributed by atoms with E-state index in [1.165, 1.54) is 10.7 Å². The molecular formula is C17H22N4O2. The monoisotopic (exact) mass is 314 g/mol. The van der Waals surface area contributed by atoms with Gasteiger partial charge in [0.15, 0.2) is 0 Å². The molecule has 0 spiro atoms. The van der Waals surface area contributed by atoms with E-state index in [0.717, 1.165) is 24.9 Å². The molecule has 0 radical (unpaired) electrons. The van der Waals surface area contributed by atoms with E-state index in [2.05, 4.69) is 22.7 Å². The summed E-state index contributed by atoms with van der Waals surface area (Å²) >= 11 is 0. The molecule has 6 heteroatoms. The van der Waals surface area contributed by atoms with E-state index in [4.69, 9.17) is 0 Å². The second kappa shape index (κ2) is 6.42. The van der Waals surface area contributed by atoms with Crippen molar-refractivity contribution in [1.82, 2.24) is 20.4 Å². The van der Waals surface area contributed by atoms with Crippen molar-refractivity contribution in [2.45, 2.75) is 38.8 Å². The second-order valence-electron chi connectivity index (χ2n) is 6.14. The average Bonchev–Trinajstić information content (AvgIpc) is 2.92. The van der Waals surface area contributed by atoms with Gasteiger partial charge in [0.25, 0.3) is 11.5 Å². The standard InChI is InChI=1S/C17H22N4O2/c1-11-5-7-13(8-6-11)21-16(22)10-15(20-21)17(23)19-14-4-3-9-18-12(14)2/h5-8,10,12,14,18,20H,3-4,9H2,1-2H3,(H,19,23). The molecule has 2 atom stereocenters. The lowest BCUT2D eigenvalue weighted by atomic mass is 10.00. The maximum atomic E-state index is 12.4. The molecule has 23 heavy (non-hydrogen) atoms. The number of aryl methyl sites for hydroxylation is 1. The predicted molar refractivity (Wildman–Crippen MR) is 89.1 cm³/mol. The molecule has 0 bridgehead atoms. The van der Waals surface area contributed by atoms with Gasteiger partial charge >= 0.3 is 0 Å². The van der Waals surface area contributed by atoms with Gasteiger partial charge in [0.2, 0.25) is 0 Å². The molecule has 6 nitrogen and oxygen atoms in total. The number of amides is 1. The number of nitrogens with one attached hydrogen (secondary N) is 3. The summed E-state index contributed by atoms with van der Waals surface area (Å²) in [7, 11) is 0. The quantitative estimate of drug-likeness (QED) is 0.800. The molecule has 1 aliphatic heterocycles. The van der Waals surface area contributed by atoms with Crippen LogP contribution in [-0.2, 0) is 0 Å². The molecule has 2 unspecified atom stereocenters. The summed E-state index contributed by atoms with van der Waals surface area (Å²) in [5.41, 5.74) is 1.87. The summed E-state index contributed by atoms with van der Waals surface area (Å²) in [5.74, 6) is -0.242. The first-order valence-corrected chi connectivity index (χ1v) is 7.98. The van der Waals surface area contributed by atoms with Crippen molar-refractivity contribution in [2.24, 2.45) is 0 Å². The number of aromatic amines is 1. The van der Waals surface area contributed by atoms with E-state index in [1.54, 1.807) is 0 Å². The molecule has 1 amide bonds.